The number of anilines is 1. The summed E-state index contributed by atoms with van der Waals surface area (Å²) >= 11 is 5.79. The molecule has 1 heterocycles. The van der Waals surface area contributed by atoms with Gasteiger partial charge >= 0.3 is 6.18 Å². The zero-order chi connectivity index (χ0) is 20.5. The molecular weight excluding hydrogens is 417 g/mol. The second kappa shape index (κ2) is 7.73. The van der Waals surface area contributed by atoms with E-state index in [1.165, 1.54) is 0 Å². The van der Waals surface area contributed by atoms with E-state index in [4.69, 9.17) is 11.6 Å². The molecule has 1 atom stereocenters. The second-order valence-electron chi connectivity index (χ2n) is 6.30. The van der Waals surface area contributed by atoms with Crippen LogP contribution < -0.4 is 5.32 Å². The van der Waals surface area contributed by atoms with Crippen LogP contribution in [0.3, 0.4) is 0 Å². The highest BCUT2D eigenvalue weighted by Gasteiger charge is 2.40. The predicted molar refractivity (Wildman–Crippen MR) is 98.4 cm³/mol. The Balaban J connectivity index is 1.85. The predicted octanol–water partition coefficient (Wildman–Crippen LogP) is 4.15. The lowest BCUT2D eigenvalue weighted by molar-refractivity contribution is -0.137. The summed E-state index contributed by atoms with van der Waals surface area (Å²) < 4.78 is 65.5. The molecule has 1 amide bonds. The summed E-state index contributed by atoms with van der Waals surface area (Å²) in [6.07, 6.45) is -3.96. The van der Waals surface area contributed by atoms with Gasteiger partial charge < -0.3 is 5.32 Å². The molecule has 0 spiro atoms. The van der Waals surface area contributed by atoms with Gasteiger partial charge in [-0.15, -0.1) is 0 Å². The maximum absolute atomic E-state index is 12.9. The topological polar surface area (TPSA) is 66.5 Å². The number of benzene rings is 2. The van der Waals surface area contributed by atoms with Crippen molar-refractivity contribution >= 4 is 33.2 Å². The van der Waals surface area contributed by atoms with Crippen LogP contribution >= 0.6 is 11.6 Å². The van der Waals surface area contributed by atoms with Gasteiger partial charge in [-0.3, -0.25) is 4.79 Å². The summed E-state index contributed by atoms with van der Waals surface area (Å²) in [6, 6.07) is 8.80. The highest BCUT2D eigenvalue weighted by molar-refractivity contribution is 7.89. The zero-order valence-corrected chi connectivity index (χ0v) is 16.0. The molecule has 0 aliphatic carbocycles. The Morgan fingerprint density at radius 2 is 1.82 bits per heavy atom. The molecule has 0 saturated carbocycles. The van der Waals surface area contributed by atoms with Crippen molar-refractivity contribution in [2.75, 3.05) is 11.9 Å². The smallest absolute Gasteiger partial charge is 0.325 e. The third-order valence-corrected chi connectivity index (χ3v) is 6.54. The van der Waals surface area contributed by atoms with Gasteiger partial charge in [-0.05, 0) is 55.3 Å². The van der Waals surface area contributed by atoms with Crippen molar-refractivity contribution in [1.82, 2.24) is 4.31 Å². The molecule has 28 heavy (non-hydrogen) atoms. The van der Waals surface area contributed by atoms with Crippen LogP contribution in [0.15, 0.2) is 53.4 Å². The van der Waals surface area contributed by atoms with Crippen LogP contribution in [0.2, 0.25) is 5.02 Å². The highest BCUT2D eigenvalue weighted by atomic mass is 35.5. The molecule has 5 nitrogen and oxygen atoms in total. The van der Waals surface area contributed by atoms with Gasteiger partial charge in [-0.25, -0.2) is 8.42 Å². The number of amides is 1. The third kappa shape index (κ3) is 4.31. The van der Waals surface area contributed by atoms with Crippen molar-refractivity contribution in [3.63, 3.8) is 0 Å². The molecule has 0 aromatic heterocycles. The molecule has 150 valence electrons. The normalized spacial score (nSPS) is 18.2. The molecule has 3 rings (SSSR count). The van der Waals surface area contributed by atoms with E-state index in [9.17, 15) is 26.4 Å². The van der Waals surface area contributed by atoms with Gasteiger partial charge in [0.2, 0.25) is 15.9 Å². The van der Waals surface area contributed by atoms with Gasteiger partial charge in [0.25, 0.3) is 0 Å². The van der Waals surface area contributed by atoms with Crippen molar-refractivity contribution in [2.45, 2.75) is 30.0 Å². The van der Waals surface area contributed by atoms with Crippen molar-refractivity contribution in [1.29, 1.82) is 0 Å². The van der Waals surface area contributed by atoms with E-state index in [0.29, 0.717) is 23.2 Å². The number of alkyl halides is 3. The number of hydrogen-bond acceptors (Lipinski definition) is 3. The summed E-state index contributed by atoms with van der Waals surface area (Å²) in [5, 5.41) is 3.10. The van der Waals surface area contributed by atoms with E-state index in [1.807, 2.05) is 0 Å². The van der Waals surface area contributed by atoms with Crippen LogP contribution in [0.1, 0.15) is 18.4 Å². The third-order valence-electron chi connectivity index (χ3n) is 4.39. The van der Waals surface area contributed by atoms with Gasteiger partial charge in [0, 0.05) is 17.3 Å². The number of halogens is 4. The van der Waals surface area contributed by atoms with Crippen LogP contribution in [0.5, 0.6) is 0 Å². The molecule has 1 fully saturated rings. The van der Waals surface area contributed by atoms with Crippen LogP contribution in [-0.2, 0) is 21.0 Å². The fourth-order valence-electron chi connectivity index (χ4n) is 3.02. The Hall–Kier alpha value is -2.10. The number of carbonyl (C=O) groups is 1. The van der Waals surface area contributed by atoms with Gasteiger partial charge in [-0.2, -0.15) is 17.5 Å². The van der Waals surface area contributed by atoms with Crippen molar-refractivity contribution in [2.24, 2.45) is 0 Å². The van der Waals surface area contributed by atoms with Gasteiger partial charge in [0.15, 0.2) is 0 Å². The van der Waals surface area contributed by atoms with E-state index in [2.05, 4.69) is 5.32 Å². The Labute approximate surface area is 165 Å². The molecule has 2 aromatic carbocycles. The van der Waals surface area contributed by atoms with Crippen LogP contribution in [-0.4, -0.2) is 31.2 Å². The first-order valence-corrected chi connectivity index (χ1v) is 10.2. The fourth-order valence-corrected chi connectivity index (χ4v) is 4.85. The summed E-state index contributed by atoms with van der Waals surface area (Å²) in [6.45, 7) is 0.0529. The number of nitrogens with zero attached hydrogens (tertiary/aromatic N) is 1. The quantitative estimate of drug-likeness (QED) is 0.789. The molecule has 0 radical (unpaired) electrons. The van der Waals surface area contributed by atoms with Crippen LogP contribution in [0, 0.1) is 0 Å². The molecule has 1 aliphatic rings. The molecule has 2 aromatic rings. The lowest BCUT2D eigenvalue weighted by Gasteiger charge is -2.23. The van der Waals surface area contributed by atoms with Gasteiger partial charge in [-0.1, -0.05) is 17.7 Å². The van der Waals surface area contributed by atoms with E-state index in [1.54, 1.807) is 24.3 Å². The number of hydrogen-bond donors (Lipinski definition) is 1. The standard InChI is InChI=1S/C18H16ClF3N2O3S/c19-13-6-8-14(9-7-13)23-17(25)16-5-2-10-24(16)28(26,27)15-4-1-3-12(11-15)18(20,21)22/h1,3-4,6-9,11,16H,2,5,10H2,(H,23,25)/t16-/m1/s1. The minimum absolute atomic E-state index is 0.0529. The summed E-state index contributed by atoms with van der Waals surface area (Å²) in [7, 11) is -4.26. The fraction of sp³-hybridized carbons (Fsp3) is 0.278. The maximum atomic E-state index is 12.9. The molecule has 1 N–H and O–H groups in total. The average molecular weight is 433 g/mol. The molecule has 0 bridgehead atoms. The summed E-state index contributed by atoms with van der Waals surface area (Å²) in [5.74, 6) is -0.546. The SMILES string of the molecule is O=C(Nc1ccc(Cl)cc1)[C@H]1CCCN1S(=O)(=O)c1cccc(C(F)(F)F)c1. The largest absolute Gasteiger partial charge is 0.416 e. The monoisotopic (exact) mass is 432 g/mol. The number of sulfonamides is 1. The lowest BCUT2D eigenvalue weighted by atomic mass is 10.2. The lowest BCUT2D eigenvalue weighted by Crippen LogP contribution is -2.43. The van der Waals surface area contributed by atoms with Crippen molar-refractivity contribution in [3.8, 4) is 0 Å². The maximum Gasteiger partial charge on any atom is 0.416 e. The Morgan fingerprint density at radius 3 is 2.46 bits per heavy atom. The molecule has 10 heteroatoms. The first-order chi connectivity index (χ1) is 13.1. The number of rotatable bonds is 4. The van der Waals surface area contributed by atoms with E-state index < -0.39 is 38.6 Å². The first kappa shape index (κ1) is 20.6. The number of carbonyl (C=O) groups excluding carboxylic acids is 1. The van der Waals surface area contributed by atoms with Gasteiger partial charge in [0.1, 0.15) is 6.04 Å². The van der Waals surface area contributed by atoms with Crippen LogP contribution in [0.25, 0.3) is 0 Å². The minimum atomic E-state index is -4.66. The zero-order valence-electron chi connectivity index (χ0n) is 14.4. The van der Waals surface area contributed by atoms with Gasteiger partial charge in [0.05, 0.1) is 10.5 Å². The Bertz CT molecular complexity index is 978. The van der Waals surface area contributed by atoms with Crippen molar-refractivity contribution in [3.05, 3.63) is 59.1 Å². The molecular formula is C18H16ClF3N2O3S. The Morgan fingerprint density at radius 1 is 1.14 bits per heavy atom. The van der Waals surface area contributed by atoms with E-state index >= 15 is 0 Å². The average Bonchev–Trinajstić information content (AvgIpc) is 3.14. The summed E-state index contributed by atoms with van der Waals surface area (Å²) in [5.41, 5.74) is -0.618. The van der Waals surface area contributed by atoms with Crippen molar-refractivity contribution < 1.29 is 26.4 Å². The summed E-state index contributed by atoms with van der Waals surface area (Å²) in [4.78, 5) is 12.1. The highest BCUT2D eigenvalue weighted by Crippen LogP contribution is 2.33. The molecule has 0 unspecified atom stereocenters. The van der Waals surface area contributed by atoms with E-state index in [-0.39, 0.29) is 13.0 Å². The molecule has 1 aliphatic heterocycles. The van der Waals surface area contributed by atoms with E-state index in [0.717, 1.165) is 22.5 Å². The van der Waals surface area contributed by atoms with Crippen LogP contribution in [0.4, 0.5) is 18.9 Å². The second-order valence-corrected chi connectivity index (χ2v) is 8.62. The number of nitrogens with one attached hydrogen (secondary N) is 1. The Kier molecular flexibility index (Phi) is 5.69. The molecule has 1 saturated heterocycles. The minimum Gasteiger partial charge on any atom is -0.325 e. The first-order valence-electron chi connectivity index (χ1n) is 8.34.